The predicted octanol–water partition coefficient (Wildman–Crippen LogP) is 3.87. The number of rotatable bonds is 6. The SMILES string of the molecule is Cc1ccccc1C(O)CNC(C)c1ccc(-n2ccnc2C)cc1. The number of aliphatic hydroxyl groups excluding tert-OH is 1. The number of imidazole rings is 1. The van der Waals surface area contributed by atoms with Gasteiger partial charge in [0.25, 0.3) is 0 Å². The minimum absolute atomic E-state index is 0.164. The molecule has 2 unspecified atom stereocenters. The summed E-state index contributed by atoms with van der Waals surface area (Å²) >= 11 is 0. The van der Waals surface area contributed by atoms with E-state index < -0.39 is 6.10 Å². The molecule has 0 fully saturated rings. The Hall–Kier alpha value is -2.43. The highest BCUT2D eigenvalue weighted by Gasteiger charge is 2.12. The fourth-order valence-electron chi connectivity index (χ4n) is 3.05. The number of aromatic nitrogens is 2. The molecule has 0 spiro atoms. The Bertz CT molecular complexity index is 823. The van der Waals surface area contributed by atoms with Crippen molar-refractivity contribution >= 4 is 0 Å². The minimum atomic E-state index is -0.503. The molecule has 2 aromatic carbocycles. The maximum atomic E-state index is 10.4. The highest BCUT2D eigenvalue weighted by molar-refractivity contribution is 5.36. The largest absolute Gasteiger partial charge is 0.387 e. The molecule has 2 atom stereocenters. The van der Waals surface area contributed by atoms with Crippen molar-refractivity contribution in [1.82, 2.24) is 14.9 Å². The number of aryl methyl sites for hydroxylation is 2. The molecular formula is C21H25N3O. The van der Waals surface area contributed by atoms with Crippen molar-refractivity contribution in [3.8, 4) is 5.69 Å². The van der Waals surface area contributed by atoms with Gasteiger partial charge in [0.15, 0.2) is 0 Å². The number of hydrogen-bond donors (Lipinski definition) is 2. The first-order chi connectivity index (χ1) is 12.1. The van der Waals surface area contributed by atoms with Crippen LogP contribution in [0.15, 0.2) is 60.9 Å². The molecule has 0 aliphatic carbocycles. The molecule has 3 aromatic rings. The number of nitrogens with zero attached hydrogens (tertiary/aromatic N) is 2. The number of benzene rings is 2. The summed E-state index contributed by atoms with van der Waals surface area (Å²) in [6, 6.07) is 16.6. The average molecular weight is 335 g/mol. The van der Waals surface area contributed by atoms with Gasteiger partial charge in [0, 0.05) is 30.7 Å². The third-order valence-corrected chi connectivity index (χ3v) is 4.66. The zero-order valence-electron chi connectivity index (χ0n) is 15.0. The van der Waals surface area contributed by atoms with Gasteiger partial charge in [-0.1, -0.05) is 36.4 Å². The lowest BCUT2D eigenvalue weighted by molar-refractivity contribution is 0.170. The second-order valence-electron chi connectivity index (χ2n) is 6.44. The van der Waals surface area contributed by atoms with Crippen molar-refractivity contribution in [3.63, 3.8) is 0 Å². The first kappa shape index (κ1) is 17.4. The van der Waals surface area contributed by atoms with Crippen molar-refractivity contribution in [2.24, 2.45) is 0 Å². The topological polar surface area (TPSA) is 50.1 Å². The van der Waals surface area contributed by atoms with Gasteiger partial charge in [0.05, 0.1) is 6.10 Å². The summed E-state index contributed by atoms with van der Waals surface area (Å²) in [5, 5.41) is 13.8. The standard InChI is InChI=1S/C21H25N3O/c1-15-6-4-5-7-20(15)21(25)14-23-16(2)18-8-10-19(11-9-18)24-13-12-22-17(24)3/h4-13,16,21,23,25H,14H2,1-3H3. The molecule has 0 aliphatic heterocycles. The van der Waals surface area contributed by atoms with E-state index in [4.69, 9.17) is 0 Å². The van der Waals surface area contributed by atoms with E-state index in [2.05, 4.69) is 46.1 Å². The Kier molecular flexibility index (Phi) is 5.31. The van der Waals surface area contributed by atoms with Crippen LogP contribution in [0.3, 0.4) is 0 Å². The van der Waals surface area contributed by atoms with Crippen molar-refractivity contribution in [1.29, 1.82) is 0 Å². The van der Waals surface area contributed by atoms with E-state index in [0.29, 0.717) is 6.54 Å². The predicted molar refractivity (Wildman–Crippen MR) is 101 cm³/mol. The lowest BCUT2D eigenvalue weighted by atomic mass is 10.0. The zero-order chi connectivity index (χ0) is 17.8. The third kappa shape index (κ3) is 3.98. The monoisotopic (exact) mass is 335 g/mol. The average Bonchev–Trinajstić information content (AvgIpc) is 3.06. The number of aliphatic hydroxyl groups is 1. The van der Waals surface area contributed by atoms with Gasteiger partial charge in [-0.05, 0) is 49.6 Å². The van der Waals surface area contributed by atoms with Crippen LogP contribution < -0.4 is 5.32 Å². The molecule has 0 bridgehead atoms. The van der Waals surface area contributed by atoms with E-state index in [0.717, 1.165) is 22.6 Å². The molecule has 130 valence electrons. The summed E-state index contributed by atoms with van der Waals surface area (Å²) in [7, 11) is 0. The smallest absolute Gasteiger partial charge is 0.110 e. The van der Waals surface area contributed by atoms with E-state index in [1.54, 1.807) is 6.20 Å². The molecule has 1 aromatic heterocycles. The summed E-state index contributed by atoms with van der Waals surface area (Å²) in [5.41, 5.74) is 4.39. The fourth-order valence-corrected chi connectivity index (χ4v) is 3.05. The van der Waals surface area contributed by atoms with E-state index in [1.807, 2.05) is 44.3 Å². The molecule has 1 heterocycles. The van der Waals surface area contributed by atoms with Crippen LogP contribution in [0.1, 0.15) is 41.6 Å². The second kappa shape index (κ2) is 7.64. The van der Waals surface area contributed by atoms with E-state index >= 15 is 0 Å². The Labute approximate surface area is 149 Å². The van der Waals surface area contributed by atoms with Crippen LogP contribution in [0, 0.1) is 13.8 Å². The van der Waals surface area contributed by atoms with Crippen molar-refractivity contribution in [3.05, 3.63) is 83.4 Å². The summed E-state index contributed by atoms with van der Waals surface area (Å²) in [4.78, 5) is 4.26. The molecule has 0 amide bonds. The first-order valence-corrected chi connectivity index (χ1v) is 8.63. The molecule has 0 saturated heterocycles. The Morgan fingerprint density at radius 1 is 1.08 bits per heavy atom. The maximum Gasteiger partial charge on any atom is 0.110 e. The van der Waals surface area contributed by atoms with Crippen molar-refractivity contribution < 1.29 is 5.11 Å². The molecular weight excluding hydrogens is 310 g/mol. The van der Waals surface area contributed by atoms with E-state index in [-0.39, 0.29) is 6.04 Å². The van der Waals surface area contributed by atoms with Crippen LogP contribution in [0.2, 0.25) is 0 Å². The van der Waals surface area contributed by atoms with Gasteiger partial charge in [0.1, 0.15) is 5.82 Å². The van der Waals surface area contributed by atoms with Crippen molar-refractivity contribution in [2.75, 3.05) is 6.54 Å². The Morgan fingerprint density at radius 2 is 1.80 bits per heavy atom. The number of nitrogens with one attached hydrogen (secondary N) is 1. The van der Waals surface area contributed by atoms with Crippen molar-refractivity contribution in [2.45, 2.75) is 32.9 Å². The summed E-state index contributed by atoms with van der Waals surface area (Å²) in [6.45, 7) is 6.65. The second-order valence-corrected chi connectivity index (χ2v) is 6.44. The van der Waals surface area contributed by atoms with Crippen LogP contribution in [-0.4, -0.2) is 21.2 Å². The molecule has 0 saturated carbocycles. The van der Waals surface area contributed by atoms with Crippen LogP contribution in [0.25, 0.3) is 5.69 Å². The molecule has 4 nitrogen and oxygen atoms in total. The van der Waals surface area contributed by atoms with Crippen LogP contribution in [0.5, 0.6) is 0 Å². The maximum absolute atomic E-state index is 10.4. The lowest BCUT2D eigenvalue weighted by Gasteiger charge is -2.19. The van der Waals surface area contributed by atoms with E-state index in [1.165, 1.54) is 5.56 Å². The summed E-state index contributed by atoms with van der Waals surface area (Å²) in [5.74, 6) is 0.972. The normalized spacial score (nSPS) is 13.6. The summed E-state index contributed by atoms with van der Waals surface area (Å²) in [6.07, 6.45) is 3.27. The highest BCUT2D eigenvalue weighted by Crippen LogP contribution is 2.20. The third-order valence-electron chi connectivity index (χ3n) is 4.66. The molecule has 2 N–H and O–H groups in total. The van der Waals surface area contributed by atoms with E-state index in [9.17, 15) is 5.11 Å². The molecule has 25 heavy (non-hydrogen) atoms. The van der Waals surface area contributed by atoms with Gasteiger partial charge in [0.2, 0.25) is 0 Å². The van der Waals surface area contributed by atoms with Crippen LogP contribution in [-0.2, 0) is 0 Å². The van der Waals surface area contributed by atoms with Crippen LogP contribution >= 0.6 is 0 Å². The quantitative estimate of drug-likeness (QED) is 0.719. The first-order valence-electron chi connectivity index (χ1n) is 8.63. The Balaban J connectivity index is 1.63. The van der Waals surface area contributed by atoms with Gasteiger partial charge in [-0.25, -0.2) is 4.98 Å². The molecule has 0 aliphatic rings. The highest BCUT2D eigenvalue weighted by atomic mass is 16.3. The van der Waals surface area contributed by atoms with Gasteiger partial charge < -0.3 is 15.0 Å². The fraction of sp³-hybridized carbons (Fsp3) is 0.286. The molecule has 4 heteroatoms. The lowest BCUT2D eigenvalue weighted by Crippen LogP contribution is -2.25. The Morgan fingerprint density at radius 3 is 2.44 bits per heavy atom. The zero-order valence-corrected chi connectivity index (χ0v) is 15.0. The van der Waals surface area contributed by atoms with Gasteiger partial charge in [-0.15, -0.1) is 0 Å². The van der Waals surface area contributed by atoms with Crippen LogP contribution in [0.4, 0.5) is 0 Å². The van der Waals surface area contributed by atoms with Gasteiger partial charge in [-0.3, -0.25) is 0 Å². The minimum Gasteiger partial charge on any atom is -0.387 e. The van der Waals surface area contributed by atoms with Gasteiger partial charge >= 0.3 is 0 Å². The molecule has 0 radical (unpaired) electrons. The molecule has 3 rings (SSSR count). The number of hydrogen-bond acceptors (Lipinski definition) is 3. The summed E-state index contributed by atoms with van der Waals surface area (Å²) < 4.78 is 2.06. The van der Waals surface area contributed by atoms with Gasteiger partial charge in [-0.2, -0.15) is 0 Å².